The maximum atomic E-state index is 13.9. The number of carbonyl (C=O) groups excluding carboxylic acids is 3. The van der Waals surface area contributed by atoms with Gasteiger partial charge in [0.1, 0.15) is 17.6 Å². The number of benzene rings is 2. The molecule has 0 spiro atoms. The number of anilines is 2. The molecule has 1 aliphatic rings. The van der Waals surface area contributed by atoms with Gasteiger partial charge in [0.25, 0.3) is 0 Å². The number of pyridine rings is 1. The summed E-state index contributed by atoms with van der Waals surface area (Å²) in [5.41, 5.74) is 1.17. The van der Waals surface area contributed by atoms with E-state index in [1.54, 1.807) is 80.0 Å². The van der Waals surface area contributed by atoms with Crippen LogP contribution in [0.15, 0.2) is 72.9 Å². The molecular formula is C31H35ClN4O4. The molecule has 4 rings (SSSR count). The summed E-state index contributed by atoms with van der Waals surface area (Å²) < 4.78 is 5.42. The van der Waals surface area contributed by atoms with Gasteiger partial charge in [0.2, 0.25) is 17.7 Å². The van der Waals surface area contributed by atoms with Gasteiger partial charge in [-0.3, -0.25) is 19.3 Å². The van der Waals surface area contributed by atoms with Gasteiger partial charge >= 0.3 is 0 Å². The third-order valence-corrected chi connectivity index (χ3v) is 7.22. The summed E-state index contributed by atoms with van der Waals surface area (Å²) in [5, 5.41) is 6.48. The molecule has 1 atom stereocenters. The minimum atomic E-state index is -0.929. The number of nitrogens with zero attached hydrogens (tertiary/aromatic N) is 2. The fourth-order valence-corrected chi connectivity index (χ4v) is 5.08. The molecule has 1 fully saturated rings. The van der Waals surface area contributed by atoms with Crippen molar-refractivity contribution >= 4 is 40.8 Å². The molecule has 0 radical (unpaired) electrons. The van der Waals surface area contributed by atoms with Crippen molar-refractivity contribution in [3.05, 3.63) is 83.5 Å². The number of rotatable bonds is 11. The van der Waals surface area contributed by atoms with E-state index in [4.69, 9.17) is 16.3 Å². The summed E-state index contributed by atoms with van der Waals surface area (Å²) >= 11 is 6.17. The van der Waals surface area contributed by atoms with Crippen molar-refractivity contribution in [2.45, 2.75) is 63.5 Å². The second-order valence-electron chi connectivity index (χ2n) is 9.88. The van der Waals surface area contributed by atoms with E-state index in [9.17, 15) is 14.4 Å². The zero-order valence-electron chi connectivity index (χ0n) is 22.6. The van der Waals surface area contributed by atoms with Crippen LogP contribution < -0.4 is 20.3 Å². The van der Waals surface area contributed by atoms with Gasteiger partial charge in [-0.2, -0.15) is 0 Å². The highest BCUT2D eigenvalue weighted by atomic mass is 35.5. The maximum absolute atomic E-state index is 13.9. The number of hydrogen-bond acceptors (Lipinski definition) is 5. The van der Waals surface area contributed by atoms with Crippen molar-refractivity contribution in [2.75, 3.05) is 17.3 Å². The highest BCUT2D eigenvalue weighted by molar-refractivity contribution is 6.30. The van der Waals surface area contributed by atoms with Crippen LogP contribution in [0.4, 0.5) is 11.5 Å². The molecule has 0 unspecified atom stereocenters. The first-order valence-electron chi connectivity index (χ1n) is 13.7. The van der Waals surface area contributed by atoms with Gasteiger partial charge in [-0.25, -0.2) is 4.98 Å². The zero-order chi connectivity index (χ0) is 28.3. The van der Waals surface area contributed by atoms with Crippen LogP contribution in [0.1, 0.15) is 63.0 Å². The first-order valence-corrected chi connectivity index (χ1v) is 14.0. The molecule has 3 amide bonds. The predicted octanol–water partition coefficient (Wildman–Crippen LogP) is 6.08. The molecule has 210 valence electrons. The van der Waals surface area contributed by atoms with Crippen LogP contribution >= 0.6 is 11.6 Å². The number of hydrogen-bond donors (Lipinski definition) is 2. The molecule has 2 N–H and O–H groups in total. The number of halogens is 1. The lowest BCUT2D eigenvalue weighted by molar-refractivity contribution is -0.127. The average molecular weight is 563 g/mol. The largest absolute Gasteiger partial charge is 0.497 e. The van der Waals surface area contributed by atoms with Crippen molar-refractivity contribution < 1.29 is 19.1 Å². The lowest BCUT2D eigenvalue weighted by atomic mass is 9.94. The Bertz CT molecular complexity index is 1280. The number of ether oxygens (including phenoxy) is 1. The summed E-state index contributed by atoms with van der Waals surface area (Å²) in [6, 6.07) is 18.5. The van der Waals surface area contributed by atoms with Gasteiger partial charge in [0.15, 0.2) is 0 Å². The topological polar surface area (TPSA) is 101 Å². The Morgan fingerprint density at radius 1 is 1.00 bits per heavy atom. The predicted molar refractivity (Wildman–Crippen MR) is 156 cm³/mol. The van der Waals surface area contributed by atoms with Gasteiger partial charge in [-0.15, -0.1) is 0 Å². The minimum Gasteiger partial charge on any atom is -0.497 e. The lowest BCUT2D eigenvalue weighted by Gasteiger charge is -2.33. The molecule has 1 aliphatic carbocycles. The number of methoxy groups -OCH3 is 1. The normalized spacial score (nSPS) is 14.2. The van der Waals surface area contributed by atoms with Crippen LogP contribution in [-0.2, 0) is 14.4 Å². The summed E-state index contributed by atoms with van der Waals surface area (Å²) in [7, 11) is 1.55. The Morgan fingerprint density at radius 3 is 2.48 bits per heavy atom. The number of amides is 3. The monoisotopic (exact) mass is 562 g/mol. The Hall–Kier alpha value is -3.91. The molecule has 40 heavy (non-hydrogen) atoms. The SMILES string of the molecule is COc1cccc(N(C(=O)CCCC(=O)Nc2ccccn2)[C@H](C(=O)NC2CCCCC2)c2ccc(Cl)cc2)c1. The molecule has 2 aromatic carbocycles. The zero-order valence-corrected chi connectivity index (χ0v) is 23.4. The minimum absolute atomic E-state index is 0.0631. The first kappa shape index (κ1) is 29.1. The van der Waals surface area contributed by atoms with Gasteiger partial charge in [-0.1, -0.05) is 55.1 Å². The summed E-state index contributed by atoms with van der Waals surface area (Å²) in [4.78, 5) is 45.9. The van der Waals surface area contributed by atoms with Crippen molar-refractivity contribution in [3.63, 3.8) is 0 Å². The Kier molecular flexibility index (Phi) is 10.5. The Morgan fingerprint density at radius 2 is 1.77 bits per heavy atom. The summed E-state index contributed by atoms with van der Waals surface area (Å²) in [6.07, 6.45) is 7.22. The standard InChI is InChI=1S/C31H35ClN4O4/c1-40-26-12-7-11-25(21-26)36(29(38)15-8-14-28(37)35-27-13-5-6-20-33-27)30(22-16-18-23(32)19-17-22)31(39)34-24-9-3-2-4-10-24/h5-7,11-13,16-21,24,30H,2-4,8-10,14-15H2,1H3,(H,34,39)(H,33,35,37)/t30-/m0/s1. The maximum Gasteiger partial charge on any atom is 0.248 e. The van der Waals surface area contributed by atoms with E-state index >= 15 is 0 Å². The molecule has 0 bridgehead atoms. The van der Waals surface area contributed by atoms with Crippen molar-refractivity contribution in [2.24, 2.45) is 0 Å². The molecule has 9 heteroatoms. The van der Waals surface area contributed by atoms with E-state index in [0.717, 1.165) is 32.1 Å². The average Bonchev–Trinajstić information content (AvgIpc) is 2.97. The van der Waals surface area contributed by atoms with Crippen molar-refractivity contribution in [3.8, 4) is 5.75 Å². The van der Waals surface area contributed by atoms with Crippen molar-refractivity contribution in [1.82, 2.24) is 10.3 Å². The van der Waals surface area contributed by atoms with Crippen LogP contribution in [0.5, 0.6) is 5.75 Å². The molecule has 8 nitrogen and oxygen atoms in total. The molecule has 1 heterocycles. The quantitative estimate of drug-likeness (QED) is 0.295. The summed E-state index contributed by atoms with van der Waals surface area (Å²) in [6.45, 7) is 0. The number of carbonyl (C=O) groups is 3. The van der Waals surface area contributed by atoms with E-state index < -0.39 is 6.04 Å². The van der Waals surface area contributed by atoms with E-state index in [0.29, 0.717) is 34.3 Å². The van der Waals surface area contributed by atoms with Gasteiger partial charge in [0, 0.05) is 41.9 Å². The second-order valence-corrected chi connectivity index (χ2v) is 10.3. The van der Waals surface area contributed by atoms with Crippen LogP contribution in [0.3, 0.4) is 0 Å². The third-order valence-electron chi connectivity index (χ3n) is 6.97. The van der Waals surface area contributed by atoms with Crippen LogP contribution in [0, 0.1) is 0 Å². The van der Waals surface area contributed by atoms with E-state index in [1.807, 2.05) is 0 Å². The fraction of sp³-hybridized carbons (Fsp3) is 0.355. The fourth-order valence-electron chi connectivity index (χ4n) is 4.95. The van der Waals surface area contributed by atoms with E-state index in [1.165, 1.54) is 4.90 Å². The molecular weight excluding hydrogens is 528 g/mol. The third kappa shape index (κ3) is 8.05. The Labute approximate surface area is 240 Å². The van der Waals surface area contributed by atoms with Gasteiger partial charge in [-0.05, 0) is 61.2 Å². The Balaban J connectivity index is 1.59. The van der Waals surface area contributed by atoms with Gasteiger partial charge < -0.3 is 15.4 Å². The number of aromatic nitrogens is 1. The van der Waals surface area contributed by atoms with Gasteiger partial charge in [0.05, 0.1) is 7.11 Å². The lowest BCUT2D eigenvalue weighted by Crippen LogP contribution is -2.47. The number of nitrogens with one attached hydrogen (secondary N) is 2. The van der Waals surface area contributed by atoms with Crippen LogP contribution in [0.25, 0.3) is 0 Å². The second kappa shape index (κ2) is 14.5. The smallest absolute Gasteiger partial charge is 0.248 e. The first-order chi connectivity index (χ1) is 19.4. The molecule has 3 aromatic rings. The van der Waals surface area contributed by atoms with E-state index in [2.05, 4.69) is 15.6 Å². The van der Waals surface area contributed by atoms with E-state index in [-0.39, 0.29) is 36.6 Å². The summed E-state index contributed by atoms with van der Waals surface area (Å²) in [5.74, 6) is 0.256. The van der Waals surface area contributed by atoms with Crippen LogP contribution in [0.2, 0.25) is 5.02 Å². The van der Waals surface area contributed by atoms with Crippen LogP contribution in [-0.4, -0.2) is 35.9 Å². The molecule has 0 saturated heterocycles. The molecule has 1 aromatic heterocycles. The molecule has 1 saturated carbocycles. The van der Waals surface area contributed by atoms with Crippen molar-refractivity contribution in [1.29, 1.82) is 0 Å². The molecule has 0 aliphatic heterocycles. The highest BCUT2D eigenvalue weighted by Gasteiger charge is 2.34. The highest BCUT2D eigenvalue weighted by Crippen LogP contribution is 2.32.